The number of piperidine rings is 2. The van der Waals surface area contributed by atoms with Crippen LogP contribution in [-0.2, 0) is 21.5 Å². The van der Waals surface area contributed by atoms with Gasteiger partial charge in [0.1, 0.15) is 6.61 Å². The number of methoxy groups -OCH3 is 1. The standard InChI is InChI=1S/C22H37N5O2/c1-17(2)26-9-4-18(5-10-26)14-25-12-7-22(8-13-25)21-19(23-16-24-21)6-11-27(22)20(28)15-29-3/h16-18H,4-15H2,1-3H3,(H,23,24). The molecule has 0 saturated carbocycles. The number of rotatable bonds is 5. The SMILES string of the molecule is COCC(=O)N1CCc2[nH]cnc2C12CCN(CC1CCN(C(C)C)CC1)CC2. The molecule has 1 aromatic rings. The van der Waals surface area contributed by atoms with Crippen molar-refractivity contribution in [2.24, 2.45) is 5.92 Å². The molecule has 3 aliphatic heterocycles. The second-order valence-electron chi connectivity index (χ2n) is 9.36. The molecule has 4 rings (SSSR count). The monoisotopic (exact) mass is 403 g/mol. The maximum Gasteiger partial charge on any atom is 0.249 e. The first-order valence-electron chi connectivity index (χ1n) is 11.3. The number of amides is 1. The van der Waals surface area contributed by atoms with Crippen molar-refractivity contribution in [3.8, 4) is 0 Å². The van der Waals surface area contributed by atoms with E-state index < -0.39 is 0 Å². The molecular formula is C22H37N5O2. The highest BCUT2D eigenvalue weighted by Gasteiger charge is 2.48. The van der Waals surface area contributed by atoms with Crippen LogP contribution in [0.3, 0.4) is 0 Å². The van der Waals surface area contributed by atoms with Crippen molar-refractivity contribution in [2.75, 3.05) is 53.0 Å². The molecule has 2 fully saturated rings. The minimum absolute atomic E-state index is 0.0932. The van der Waals surface area contributed by atoms with Crippen LogP contribution in [0.4, 0.5) is 0 Å². The van der Waals surface area contributed by atoms with Gasteiger partial charge in [0.2, 0.25) is 5.91 Å². The Balaban J connectivity index is 1.40. The number of carbonyl (C=O) groups is 1. The molecule has 2 saturated heterocycles. The van der Waals surface area contributed by atoms with Crippen molar-refractivity contribution in [3.63, 3.8) is 0 Å². The molecule has 3 aliphatic rings. The molecule has 1 N–H and O–H groups in total. The third-order valence-corrected chi connectivity index (χ3v) is 7.41. The minimum Gasteiger partial charge on any atom is -0.375 e. The summed E-state index contributed by atoms with van der Waals surface area (Å²) in [5.74, 6) is 0.897. The van der Waals surface area contributed by atoms with E-state index in [9.17, 15) is 4.79 Å². The molecule has 0 atom stereocenters. The number of hydrogen-bond acceptors (Lipinski definition) is 5. The third kappa shape index (κ3) is 4.09. The molecule has 0 unspecified atom stereocenters. The Bertz CT molecular complexity index is 687. The van der Waals surface area contributed by atoms with Crippen molar-refractivity contribution in [1.29, 1.82) is 0 Å². The van der Waals surface area contributed by atoms with Gasteiger partial charge in [-0.3, -0.25) is 4.79 Å². The molecule has 1 amide bonds. The van der Waals surface area contributed by atoms with Crippen LogP contribution < -0.4 is 0 Å². The molecule has 7 heteroatoms. The summed E-state index contributed by atoms with van der Waals surface area (Å²) >= 11 is 0. The number of H-pyrrole nitrogens is 1. The number of aromatic amines is 1. The van der Waals surface area contributed by atoms with Gasteiger partial charge in [-0.25, -0.2) is 4.98 Å². The lowest BCUT2D eigenvalue weighted by atomic mass is 9.78. The molecule has 0 radical (unpaired) electrons. The fourth-order valence-corrected chi connectivity index (χ4v) is 5.67. The Morgan fingerprint density at radius 3 is 2.62 bits per heavy atom. The molecule has 29 heavy (non-hydrogen) atoms. The zero-order valence-corrected chi connectivity index (χ0v) is 18.3. The van der Waals surface area contributed by atoms with E-state index in [2.05, 4.69) is 38.5 Å². The first kappa shape index (κ1) is 20.8. The minimum atomic E-state index is -0.263. The zero-order chi connectivity index (χ0) is 20.4. The molecule has 1 aromatic heterocycles. The van der Waals surface area contributed by atoms with Crippen molar-refractivity contribution >= 4 is 5.91 Å². The number of imidazole rings is 1. The van der Waals surface area contributed by atoms with Crippen LogP contribution in [0.15, 0.2) is 6.33 Å². The number of hydrogen-bond donors (Lipinski definition) is 1. The normalized spacial score (nSPS) is 23.7. The summed E-state index contributed by atoms with van der Waals surface area (Å²) in [6.45, 7) is 11.2. The maximum atomic E-state index is 12.8. The van der Waals surface area contributed by atoms with Gasteiger partial charge < -0.3 is 24.4 Å². The summed E-state index contributed by atoms with van der Waals surface area (Å²) in [7, 11) is 1.60. The Morgan fingerprint density at radius 2 is 1.97 bits per heavy atom. The predicted molar refractivity (Wildman–Crippen MR) is 113 cm³/mol. The van der Waals surface area contributed by atoms with Crippen molar-refractivity contribution < 1.29 is 9.53 Å². The Kier molecular flexibility index (Phi) is 6.27. The van der Waals surface area contributed by atoms with Gasteiger partial charge in [-0.2, -0.15) is 0 Å². The Labute approximate surface area is 174 Å². The van der Waals surface area contributed by atoms with Gasteiger partial charge in [-0.15, -0.1) is 0 Å². The maximum absolute atomic E-state index is 12.8. The fourth-order valence-electron chi connectivity index (χ4n) is 5.67. The van der Waals surface area contributed by atoms with E-state index in [4.69, 9.17) is 4.74 Å². The van der Waals surface area contributed by atoms with Gasteiger partial charge in [0.25, 0.3) is 0 Å². The highest BCUT2D eigenvalue weighted by Crippen LogP contribution is 2.42. The highest BCUT2D eigenvalue weighted by molar-refractivity contribution is 5.79. The van der Waals surface area contributed by atoms with Crippen LogP contribution in [0.5, 0.6) is 0 Å². The summed E-state index contributed by atoms with van der Waals surface area (Å²) < 4.78 is 5.17. The van der Waals surface area contributed by atoms with E-state index in [1.54, 1.807) is 13.4 Å². The number of fused-ring (bicyclic) bond motifs is 2. The Morgan fingerprint density at radius 1 is 1.24 bits per heavy atom. The largest absolute Gasteiger partial charge is 0.375 e. The lowest BCUT2D eigenvalue weighted by Gasteiger charge is -2.51. The van der Waals surface area contributed by atoms with Crippen molar-refractivity contribution in [3.05, 3.63) is 17.7 Å². The summed E-state index contributed by atoms with van der Waals surface area (Å²) in [6.07, 6.45) is 7.19. The lowest BCUT2D eigenvalue weighted by molar-refractivity contribution is -0.146. The zero-order valence-electron chi connectivity index (χ0n) is 18.3. The molecule has 0 aliphatic carbocycles. The van der Waals surface area contributed by atoms with Gasteiger partial charge in [0.05, 0.1) is 17.6 Å². The predicted octanol–water partition coefficient (Wildman–Crippen LogP) is 1.85. The van der Waals surface area contributed by atoms with Crippen LogP contribution in [0, 0.1) is 5.92 Å². The molecule has 4 heterocycles. The van der Waals surface area contributed by atoms with Gasteiger partial charge in [0, 0.05) is 51.4 Å². The highest BCUT2D eigenvalue weighted by atomic mass is 16.5. The first-order valence-corrected chi connectivity index (χ1v) is 11.3. The average Bonchev–Trinajstić information content (AvgIpc) is 3.21. The molecule has 1 spiro atoms. The molecule has 7 nitrogen and oxygen atoms in total. The lowest BCUT2D eigenvalue weighted by Crippen LogP contribution is -2.59. The van der Waals surface area contributed by atoms with Crippen molar-refractivity contribution in [1.82, 2.24) is 24.7 Å². The van der Waals surface area contributed by atoms with Crippen LogP contribution in [-0.4, -0.2) is 89.6 Å². The van der Waals surface area contributed by atoms with E-state index in [1.165, 1.54) is 38.2 Å². The summed E-state index contributed by atoms with van der Waals surface area (Å²) in [6, 6.07) is 0.663. The third-order valence-electron chi connectivity index (χ3n) is 7.41. The van der Waals surface area contributed by atoms with Crippen LogP contribution in [0.2, 0.25) is 0 Å². The molecule has 0 aromatic carbocycles. The van der Waals surface area contributed by atoms with Gasteiger partial charge in [0.15, 0.2) is 0 Å². The smallest absolute Gasteiger partial charge is 0.249 e. The summed E-state index contributed by atoms with van der Waals surface area (Å²) in [5.41, 5.74) is 2.04. The number of aromatic nitrogens is 2. The number of nitrogens with zero attached hydrogens (tertiary/aromatic N) is 4. The number of ether oxygens (including phenoxy) is 1. The summed E-state index contributed by atoms with van der Waals surface area (Å²) in [5, 5.41) is 0. The summed E-state index contributed by atoms with van der Waals surface area (Å²) in [4.78, 5) is 28.1. The first-order chi connectivity index (χ1) is 14.0. The number of likely N-dealkylation sites (tertiary alicyclic amines) is 2. The molecule has 0 bridgehead atoms. The van der Waals surface area contributed by atoms with Gasteiger partial charge in [-0.05, 0) is 58.5 Å². The van der Waals surface area contributed by atoms with E-state index in [0.29, 0.717) is 6.04 Å². The van der Waals surface area contributed by atoms with E-state index in [1.807, 2.05) is 0 Å². The Hall–Kier alpha value is -1.44. The van der Waals surface area contributed by atoms with E-state index in [0.717, 1.165) is 50.5 Å². The second-order valence-corrected chi connectivity index (χ2v) is 9.36. The number of carbonyl (C=O) groups excluding carboxylic acids is 1. The quantitative estimate of drug-likeness (QED) is 0.813. The van der Waals surface area contributed by atoms with E-state index >= 15 is 0 Å². The van der Waals surface area contributed by atoms with Gasteiger partial charge in [-0.1, -0.05) is 0 Å². The fraction of sp³-hybridized carbons (Fsp3) is 0.818. The van der Waals surface area contributed by atoms with Crippen molar-refractivity contribution in [2.45, 2.75) is 57.5 Å². The number of nitrogens with one attached hydrogen (secondary N) is 1. The van der Waals surface area contributed by atoms with Crippen LogP contribution in [0.1, 0.15) is 50.9 Å². The van der Waals surface area contributed by atoms with Crippen LogP contribution >= 0.6 is 0 Å². The topological polar surface area (TPSA) is 64.7 Å². The molecule has 162 valence electrons. The molecular weight excluding hydrogens is 366 g/mol. The van der Waals surface area contributed by atoms with E-state index in [-0.39, 0.29) is 18.1 Å². The second kappa shape index (κ2) is 8.74. The van der Waals surface area contributed by atoms with Crippen LogP contribution in [0.25, 0.3) is 0 Å². The van der Waals surface area contributed by atoms with Gasteiger partial charge >= 0.3 is 0 Å². The average molecular weight is 404 g/mol.